The fourth-order valence-corrected chi connectivity index (χ4v) is 3.99. The molecule has 1 aliphatic heterocycles. The number of carbonyl (C=O) groups excluding carboxylic acids is 4. The van der Waals surface area contributed by atoms with Gasteiger partial charge >= 0.3 is 11.9 Å². The van der Waals surface area contributed by atoms with E-state index in [9.17, 15) is 19.2 Å². The molecule has 3 rings (SSSR count). The predicted molar refractivity (Wildman–Crippen MR) is 133 cm³/mol. The highest BCUT2D eigenvalue weighted by atomic mass is 35.5. The van der Waals surface area contributed by atoms with Crippen LogP contribution in [0, 0.1) is 5.92 Å². The van der Waals surface area contributed by atoms with Gasteiger partial charge in [-0.3, -0.25) is 14.4 Å². The molecule has 1 fully saturated rings. The van der Waals surface area contributed by atoms with Crippen LogP contribution in [-0.2, 0) is 19.1 Å². The summed E-state index contributed by atoms with van der Waals surface area (Å²) < 4.78 is 10.7. The topological polar surface area (TPSA) is 90.0 Å². The zero-order valence-corrected chi connectivity index (χ0v) is 20.9. The molecule has 2 aromatic carbocycles. The minimum absolute atomic E-state index is 0.0393. The highest BCUT2D eigenvalue weighted by Gasteiger charge is 2.38. The maximum absolute atomic E-state index is 12.8. The van der Waals surface area contributed by atoms with Gasteiger partial charge in [-0.2, -0.15) is 0 Å². The van der Waals surface area contributed by atoms with E-state index in [0.29, 0.717) is 28.4 Å². The van der Waals surface area contributed by atoms with E-state index in [4.69, 9.17) is 32.7 Å². The molecular formula is C26H27Cl2NO6. The first kappa shape index (κ1) is 26.7. The van der Waals surface area contributed by atoms with Crippen molar-refractivity contribution in [2.75, 3.05) is 23.9 Å². The average molecular weight is 520 g/mol. The molecule has 7 nitrogen and oxygen atoms in total. The molecular weight excluding hydrogens is 493 g/mol. The highest BCUT2D eigenvalue weighted by Crippen LogP contribution is 2.27. The number of ether oxygens (including phenoxy) is 2. The van der Waals surface area contributed by atoms with Crippen molar-refractivity contribution in [1.82, 2.24) is 0 Å². The summed E-state index contributed by atoms with van der Waals surface area (Å²) in [6.45, 7) is 2.48. The van der Waals surface area contributed by atoms with Gasteiger partial charge in [0.05, 0.1) is 18.1 Å². The number of Topliss-reactive ketones (excluding diaryl/α,β-unsaturated/α-hetero) is 1. The van der Waals surface area contributed by atoms with Gasteiger partial charge in [0.25, 0.3) is 0 Å². The molecule has 1 amide bonds. The summed E-state index contributed by atoms with van der Waals surface area (Å²) in [6, 6.07) is 12.7. The maximum atomic E-state index is 12.8. The van der Waals surface area contributed by atoms with Gasteiger partial charge in [0.15, 0.2) is 6.10 Å². The van der Waals surface area contributed by atoms with Gasteiger partial charge in [-0.15, -0.1) is 11.6 Å². The quantitative estimate of drug-likeness (QED) is 0.178. The Morgan fingerprint density at radius 2 is 1.71 bits per heavy atom. The Kier molecular flexibility index (Phi) is 9.69. The van der Waals surface area contributed by atoms with Gasteiger partial charge in [-0.25, -0.2) is 4.79 Å². The van der Waals surface area contributed by atoms with Crippen molar-refractivity contribution >= 4 is 52.5 Å². The van der Waals surface area contributed by atoms with E-state index >= 15 is 0 Å². The summed E-state index contributed by atoms with van der Waals surface area (Å²) in [5.41, 5.74) is 1.30. The maximum Gasteiger partial charge on any atom is 0.338 e. The third-order valence-electron chi connectivity index (χ3n) is 5.65. The molecule has 0 unspecified atom stereocenters. The Bertz CT molecular complexity index is 1050. The molecule has 186 valence electrons. The average Bonchev–Trinajstić information content (AvgIpc) is 3.25. The molecule has 2 atom stereocenters. The van der Waals surface area contributed by atoms with Crippen LogP contribution in [0.5, 0.6) is 0 Å². The molecule has 1 saturated heterocycles. The molecule has 0 N–H and O–H groups in total. The van der Waals surface area contributed by atoms with Crippen LogP contribution in [0.3, 0.4) is 0 Å². The number of ketones is 1. The lowest BCUT2D eigenvalue weighted by molar-refractivity contribution is -0.151. The third kappa shape index (κ3) is 7.05. The molecule has 0 bridgehead atoms. The Morgan fingerprint density at radius 1 is 1.06 bits per heavy atom. The molecule has 0 aliphatic carbocycles. The number of unbranched alkanes of at least 4 members (excludes halogenated alkanes) is 1. The Hall–Kier alpha value is -2.90. The van der Waals surface area contributed by atoms with E-state index in [-0.39, 0.29) is 37.0 Å². The lowest BCUT2D eigenvalue weighted by Gasteiger charge is -2.19. The van der Waals surface area contributed by atoms with Gasteiger partial charge in [0.1, 0.15) is 0 Å². The second-order valence-electron chi connectivity index (χ2n) is 8.22. The van der Waals surface area contributed by atoms with Crippen LogP contribution >= 0.6 is 23.2 Å². The van der Waals surface area contributed by atoms with Crippen molar-refractivity contribution < 1.29 is 28.7 Å². The fraction of sp³-hybridized carbons (Fsp3) is 0.385. The summed E-state index contributed by atoms with van der Waals surface area (Å²) >= 11 is 11.7. The summed E-state index contributed by atoms with van der Waals surface area (Å²) in [7, 11) is 0. The lowest BCUT2D eigenvalue weighted by Crippen LogP contribution is -2.32. The van der Waals surface area contributed by atoms with Crippen molar-refractivity contribution in [2.45, 2.75) is 38.7 Å². The van der Waals surface area contributed by atoms with Crippen molar-refractivity contribution in [3.05, 3.63) is 64.7 Å². The number of nitrogens with zero attached hydrogens (tertiary/aromatic N) is 1. The number of amides is 1. The molecule has 1 aliphatic rings. The minimum Gasteiger partial charge on any atom is -0.462 e. The van der Waals surface area contributed by atoms with Crippen LogP contribution in [0.2, 0.25) is 5.02 Å². The minimum atomic E-state index is -1.05. The summed E-state index contributed by atoms with van der Waals surface area (Å²) in [5, 5.41) is 0.485. The van der Waals surface area contributed by atoms with Crippen LogP contribution in [0.25, 0.3) is 0 Å². The Morgan fingerprint density at radius 3 is 2.34 bits per heavy atom. The van der Waals surface area contributed by atoms with Crippen LogP contribution in [0.1, 0.15) is 53.3 Å². The molecule has 9 heteroatoms. The molecule has 0 spiro atoms. The number of anilines is 1. The number of rotatable bonds is 11. The number of hydrogen-bond donors (Lipinski definition) is 0. The number of alkyl halides is 1. The molecule has 35 heavy (non-hydrogen) atoms. The summed E-state index contributed by atoms with van der Waals surface area (Å²) in [4.78, 5) is 51.8. The first-order valence-corrected chi connectivity index (χ1v) is 12.4. The lowest BCUT2D eigenvalue weighted by atomic mass is 10.0. The zero-order valence-electron chi connectivity index (χ0n) is 19.4. The predicted octanol–water partition coefficient (Wildman–Crippen LogP) is 5.07. The van der Waals surface area contributed by atoms with Crippen molar-refractivity contribution in [1.29, 1.82) is 0 Å². The number of hydrogen-bond acceptors (Lipinski definition) is 6. The molecule has 1 heterocycles. The monoisotopic (exact) mass is 519 g/mol. The standard InChI is InChI=1S/C26H27Cl2NO6/c1-2-3-14-34-25(32)18-6-10-21(11-7-18)29-16-19(15-23(29)30)26(33)35-22(12-13-27)24(31)17-4-8-20(28)9-5-17/h4-11,19,22H,2-3,12-16H2,1H3/t19-,22+/m0/s1. The number of benzene rings is 2. The summed E-state index contributed by atoms with van der Waals surface area (Å²) in [5.74, 6) is -2.28. The number of halogens is 2. The largest absolute Gasteiger partial charge is 0.462 e. The van der Waals surface area contributed by atoms with Gasteiger partial charge in [-0.05, 0) is 55.0 Å². The van der Waals surface area contributed by atoms with Crippen molar-refractivity contribution in [3.63, 3.8) is 0 Å². The van der Waals surface area contributed by atoms with E-state index in [0.717, 1.165) is 12.8 Å². The van der Waals surface area contributed by atoms with Gasteiger partial charge < -0.3 is 14.4 Å². The normalized spacial score (nSPS) is 16.1. The van der Waals surface area contributed by atoms with Crippen LogP contribution < -0.4 is 4.90 Å². The molecule has 0 aromatic heterocycles. The van der Waals surface area contributed by atoms with Gasteiger partial charge in [0.2, 0.25) is 11.7 Å². The number of carbonyl (C=O) groups is 4. The molecule has 0 saturated carbocycles. The highest BCUT2D eigenvalue weighted by molar-refractivity contribution is 6.30. The second kappa shape index (κ2) is 12.7. The molecule has 0 radical (unpaired) electrons. The fourth-order valence-electron chi connectivity index (χ4n) is 3.66. The Balaban J connectivity index is 1.62. The van der Waals surface area contributed by atoms with E-state index in [2.05, 4.69) is 0 Å². The summed E-state index contributed by atoms with van der Waals surface area (Å²) in [6.07, 6.45) is 0.774. The second-order valence-corrected chi connectivity index (χ2v) is 9.03. The third-order valence-corrected chi connectivity index (χ3v) is 6.13. The van der Waals surface area contributed by atoms with E-state index < -0.39 is 24.0 Å². The van der Waals surface area contributed by atoms with Crippen molar-refractivity contribution in [2.24, 2.45) is 5.92 Å². The zero-order chi connectivity index (χ0) is 25.4. The van der Waals surface area contributed by atoms with Crippen LogP contribution in [-0.4, -0.2) is 48.8 Å². The SMILES string of the molecule is CCCCOC(=O)c1ccc(N2C[C@@H](C(=O)O[C@H](CCCl)C(=O)c3ccc(Cl)cc3)CC2=O)cc1. The number of esters is 2. The van der Waals surface area contributed by atoms with Crippen LogP contribution in [0.4, 0.5) is 5.69 Å². The van der Waals surface area contributed by atoms with E-state index in [1.54, 1.807) is 48.5 Å². The van der Waals surface area contributed by atoms with Crippen molar-refractivity contribution in [3.8, 4) is 0 Å². The van der Waals surface area contributed by atoms with Crippen LogP contribution in [0.15, 0.2) is 48.5 Å². The molecule has 2 aromatic rings. The van der Waals surface area contributed by atoms with Gasteiger partial charge in [0, 0.05) is 41.5 Å². The first-order chi connectivity index (χ1) is 16.8. The van der Waals surface area contributed by atoms with E-state index in [1.165, 1.54) is 4.90 Å². The first-order valence-electron chi connectivity index (χ1n) is 11.5. The smallest absolute Gasteiger partial charge is 0.338 e. The Labute approximate surface area is 214 Å². The van der Waals surface area contributed by atoms with E-state index in [1.807, 2.05) is 6.92 Å². The van der Waals surface area contributed by atoms with Gasteiger partial charge in [-0.1, -0.05) is 24.9 Å².